The van der Waals surface area contributed by atoms with E-state index in [0.717, 1.165) is 17.7 Å². The molecule has 2 atom stereocenters. The first kappa shape index (κ1) is 14.9. The number of rotatable bonds is 4. The first-order valence-electron chi connectivity index (χ1n) is 7.10. The molecule has 0 aromatic heterocycles. The molecule has 0 unspecified atom stereocenters. The molecular formula is C16H20N2OS. The Bertz CT molecular complexity index is 509. The lowest BCUT2D eigenvalue weighted by Gasteiger charge is -2.27. The van der Waals surface area contributed by atoms with E-state index >= 15 is 0 Å². The van der Waals surface area contributed by atoms with Crippen molar-refractivity contribution < 1.29 is 4.79 Å². The second-order valence-electron chi connectivity index (χ2n) is 5.39. The number of carbonyl (C=O) groups excluding carboxylic acids is 1. The third-order valence-electron chi connectivity index (χ3n) is 3.70. The number of benzene rings is 1. The molecule has 1 fully saturated rings. The lowest BCUT2D eigenvalue weighted by Crippen LogP contribution is -2.38. The fourth-order valence-electron chi connectivity index (χ4n) is 2.72. The van der Waals surface area contributed by atoms with Gasteiger partial charge in [0, 0.05) is 10.9 Å². The van der Waals surface area contributed by atoms with Crippen molar-refractivity contribution in [2.75, 3.05) is 5.75 Å². The zero-order valence-electron chi connectivity index (χ0n) is 11.8. The van der Waals surface area contributed by atoms with Gasteiger partial charge in [-0.2, -0.15) is 5.26 Å². The van der Waals surface area contributed by atoms with Crippen molar-refractivity contribution in [2.45, 2.75) is 43.5 Å². The second kappa shape index (κ2) is 7.35. The minimum atomic E-state index is -0.00913. The maximum Gasteiger partial charge on any atom is 0.252 e. The molecule has 1 aliphatic carbocycles. The normalized spacial score (nSPS) is 22.0. The van der Waals surface area contributed by atoms with Gasteiger partial charge in [-0.3, -0.25) is 4.79 Å². The summed E-state index contributed by atoms with van der Waals surface area (Å²) in [7, 11) is 0. The van der Waals surface area contributed by atoms with Crippen LogP contribution in [0.5, 0.6) is 0 Å². The van der Waals surface area contributed by atoms with E-state index < -0.39 is 0 Å². The highest BCUT2D eigenvalue weighted by Crippen LogP contribution is 2.25. The highest BCUT2D eigenvalue weighted by molar-refractivity contribution is 7.99. The van der Waals surface area contributed by atoms with Crippen molar-refractivity contribution in [3.63, 3.8) is 0 Å². The van der Waals surface area contributed by atoms with Crippen LogP contribution in [0.4, 0.5) is 0 Å². The summed E-state index contributed by atoms with van der Waals surface area (Å²) in [5.74, 6) is 1.05. The number of nitrogens with zero attached hydrogens (tertiary/aromatic N) is 1. The van der Waals surface area contributed by atoms with E-state index in [9.17, 15) is 4.79 Å². The van der Waals surface area contributed by atoms with Crippen molar-refractivity contribution in [3.05, 3.63) is 29.8 Å². The van der Waals surface area contributed by atoms with Crippen LogP contribution in [0.1, 0.15) is 43.0 Å². The van der Waals surface area contributed by atoms with Crippen LogP contribution in [0, 0.1) is 17.2 Å². The molecule has 1 aliphatic rings. The first-order valence-corrected chi connectivity index (χ1v) is 8.09. The monoisotopic (exact) mass is 288 g/mol. The number of nitrogens with one attached hydrogen (secondary N) is 1. The summed E-state index contributed by atoms with van der Waals surface area (Å²) in [4.78, 5) is 13.3. The van der Waals surface area contributed by atoms with Crippen LogP contribution < -0.4 is 5.32 Å². The van der Waals surface area contributed by atoms with Crippen LogP contribution >= 0.6 is 11.8 Å². The molecule has 0 bridgehead atoms. The largest absolute Gasteiger partial charge is 0.349 e. The number of amides is 1. The van der Waals surface area contributed by atoms with Gasteiger partial charge >= 0.3 is 0 Å². The Balaban J connectivity index is 2.03. The summed E-state index contributed by atoms with van der Waals surface area (Å²) < 4.78 is 0. The van der Waals surface area contributed by atoms with Crippen LogP contribution in [-0.4, -0.2) is 17.7 Å². The predicted molar refractivity (Wildman–Crippen MR) is 81.7 cm³/mol. The number of carbonyl (C=O) groups is 1. The van der Waals surface area contributed by atoms with Gasteiger partial charge in [0.15, 0.2) is 0 Å². The number of hydrogen-bond acceptors (Lipinski definition) is 3. The minimum absolute atomic E-state index is 0.00913. The molecule has 0 spiro atoms. The van der Waals surface area contributed by atoms with Crippen molar-refractivity contribution in [1.82, 2.24) is 5.32 Å². The third-order valence-corrected chi connectivity index (χ3v) is 4.64. The van der Waals surface area contributed by atoms with Crippen LogP contribution in [0.15, 0.2) is 29.2 Å². The van der Waals surface area contributed by atoms with E-state index in [1.54, 1.807) is 0 Å². The van der Waals surface area contributed by atoms with Crippen molar-refractivity contribution in [2.24, 2.45) is 5.92 Å². The molecule has 1 aromatic carbocycles. The Morgan fingerprint density at radius 1 is 1.45 bits per heavy atom. The quantitative estimate of drug-likeness (QED) is 0.861. The summed E-state index contributed by atoms with van der Waals surface area (Å²) in [6, 6.07) is 9.90. The average molecular weight is 288 g/mol. The van der Waals surface area contributed by atoms with E-state index in [-0.39, 0.29) is 5.91 Å². The summed E-state index contributed by atoms with van der Waals surface area (Å²) >= 11 is 1.42. The molecule has 106 valence electrons. The van der Waals surface area contributed by atoms with Crippen LogP contribution in [0.2, 0.25) is 0 Å². The Morgan fingerprint density at radius 2 is 2.25 bits per heavy atom. The molecule has 1 aromatic rings. The van der Waals surface area contributed by atoms with E-state index in [1.165, 1.54) is 24.6 Å². The summed E-state index contributed by atoms with van der Waals surface area (Å²) in [5.41, 5.74) is 0.686. The smallest absolute Gasteiger partial charge is 0.252 e. The molecule has 0 aliphatic heterocycles. The molecule has 1 amide bonds. The van der Waals surface area contributed by atoms with E-state index in [4.69, 9.17) is 5.26 Å². The summed E-state index contributed by atoms with van der Waals surface area (Å²) in [6.45, 7) is 2.25. The third kappa shape index (κ3) is 4.01. The second-order valence-corrected chi connectivity index (χ2v) is 6.40. The fraction of sp³-hybridized carbons (Fsp3) is 0.500. The van der Waals surface area contributed by atoms with Gasteiger partial charge in [0.05, 0.1) is 17.4 Å². The first-order chi connectivity index (χ1) is 9.70. The van der Waals surface area contributed by atoms with Gasteiger partial charge in [-0.15, -0.1) is 11.8 Å². The average Bonchev–Trinajstić information content (AvgIpc) is 2.45. The highest BCUT2D eigenvalue weighted by Gasteiger charge is 2.21. The van der Waals surface area contributed by atoms with Gasteiger partial charge < -0.3 is 5.32 Å². The lowest BCUT2D eigenvalue weighted by atomic mass is 9.87. The fourth-order valence-corrected chi connectivity index (χ4v) is 3.43. The van der Waals surface area contributed by atoms with E-state index in [1.807, 2.05) is 24.3 Å². The standard InChI is InChI=1S/C16H20N2OS/c1-12-5-4-6-13(11-12)18-16(19)14-7-2-3-8-15(14)20-10-9-17/h2-3,7-8,12-13H,4-6,10-11H2,1H3,(H,18,19)/t12-,13-/m0/s1. The minimum Gasteiger partial charge on any atom is -0.349 e. The van der Waals surface area contributed by atoms with Crippen LogP contribution in [0.25, 0.3) is 0 Å². The predicted octanol–water partition coefficient (Wildman–Crippen LogP) is 3.61. The van der Waals surface area contributed by atoms with Crippen molar-refractivity contribution in [1.29, 1.82) is 5.26 Å². The van der Waals surface area contributed by atoms with Crippen molar-refractivity contribution >= 4 is 17.7 Å². The molecule has 0 saturated heterocycles. The molecule has 2 rings (SSSR count). The number of hydrogen-bond donors (Lipinski definition) is 1. The van der Waals surface area contributed by atoms with Gasteiger partial charge in [0.2, 0.25) is 0 Å². The van der Waals surface area contributed by atoms with E-state index in [2.05, 4.69) is 18.3 Å². The molecule has 3 nitrogen and oxygen atoms in total. The Kier molecular flexibility index (Phi) is 5.49. The molecule has 0 radical (unpaired) electrons. The van der Waals surface area contributed by atoms with Crippen molar-refractivity contribution in [3.8, 4) is 6.07 Å². The highest BCUT2D eigenvalue weighted by atomic mass is 32.2. The van der Waals surface area contributed by atoms with Gasteiger partial charge in [-0.25, -0.2) is 0 Å². The van der Waals surface area contributed by atoms with Crippen LogP contribution in [0.3, 0.4) is 0 Å². The van der Waals surface area contributed by atoms with Gasteiger partial charge in [0.25, 0.3) is 5.91 Å². The van der Waals surface area contributed by atoms with Crippen LogP contribution in [-0.2, 0) is 0 Å². The molecule has 0 heterocycles. The molecular weight excluding hydrogens is 268 g/mol. The Hall–Kier alpha value is -1.47. The number of nitriles is 1. The van der Waals surface area contributed by atoms with Gasteiger partial charge in [0.1, 0.15) is 0 Å². The topological polar surface area (TPSA) is 52.9 Å². The zero-order chi connectivity index (χ0) is 14.4. The summed E-state index contributed by atoms with van der Waals surface area (Å²) in [6.07, 6.45) is 4.60. The Morgan fingerprint density at radius 3 is 3.00 bits per heavy atom. The molecule has 4 heteroatoms. The zero-order valence-corrected chi connectivity index (χ0v) is 12.6. The molecule has 20 heavy (non-hydrogen) atoms. The Labute approximate surface area is 124 Å². The summed E-state index contributed by atoms with van der Waals surface area (Å²) in [5, 5.41) is 11.8. The maximum atomic E-state index is 12.4. The maximum absolute atomic E-state index is 12.4. The number of thioether (sulfide) groups is 1. The van der Waals surface area contributed by atoms with E-state index in [0.29, 0.717) is 23.3 Å². The SMILES string of the molecule is C[C@H]1CCC[C@H](NC(=O)c2ccccc2SCC#N)C1. The van der Waals surface area contributed by atoms with Gasteiger partial charge in [-0.1, -0.05) is 31.9 Å². The van der Waals surface area contributed by atoms with Gasteiger partial charge in [-0.05, 0) is 30.9 Å². The molecule has 1 saturated carbocycles. The molecule has 1 N–H and O–H groups in total. The lowest BCUT2D eigenvalue weighted by molar-refractivity contribution is 0.0918.